The molecule has 3 aromatic carbocycles. The monoisotopic (exact) mass is 532 g/mol. The van der Waals surface area contributed by atoms with Gasteiger partial charge in [-0.15, -0.1) is 11.3 Å². The normalized spacial score (nSPS) is 22.1. The Bertz CT molecular complexity index is 1690. The van der Waals surface area contributed by atoms with Crippen LogP contribution in [0.3, 0.4) is 0 Å². The van der Waals surface area contributed by atoms with Gasteiger partial charge >= 0.3 is 0 Å². The van der Waals surface area contributed by atoms with Crippen molar-refractivity contribution >= 4 is 46.1 Å². The van der Waals surface area contributed by atoms with Gasteiger partial charge in [-0.25, -0.2) is 0 Å². The number of Topliss-reactive ketones (excluding diaryl/α,β-unsaturated/α-hetero) is 3. The molecule has 4 aromatic rings. The molecule has 2 aliphatic heterocycles. The van der Waals surface area contributed by atoms with Crippen LogP contribution < -0.4 is 4.90 Å². The van der Waals surface area contributed by atoms with Gasteiger partial charge < -0.3 is 4.90 Å². The number of nitro benzene ring substituents is 1. The summed E-state index contributed by atoms with van der Waals surface area (Å²) in [6.45, 7) is 0. The maximum atomic E-state index is 14.5. The lowest BCUT2D eigenvalue weighted by Gasteiger charge is -2.37. The van der Waals surface area contributed by atoms with Crippen molar-refractivity contribution in [3.63, 3.8) is 0 Å². The summed E-state index contributed by atoms with van der Waals surface area (Å²) in [4.78, 5) is 56.8. The number of nitro groups is 1. The maximum absolute atomic E-state index is 14.5. The molecule has 0 unspecified atom stereocenters. The minimum Gasteiger partial charge on any atom is -0.352 e. The quantitative estimate of drug-likeness (QED) is 0.139. The molecular formula is C31H20N2O5S. The Kier molecular flexibility index (Phi) is 5.05. The maximum Gasteiger partial charge on any atom is 0.269 e. The highest BCUT2D eigenvalue weighted by molar-refractivity contribution is 7.12. The molecule has 7 nitrogen and oxygen atoms in total. The Balaban J connectivity index is 1.54. The third-order valence-electron chi connectivity index (χ3n) is 8.21. The second-order valence-electron chi connectivity index (χ2n) is 9.96. The van der Waals surface area contributed by atoms with E-state index in [1.807, 2.05) is 46.7 Å². The zero-order chi connectivity index (χ0) is 26.9. The van der Waals surface area contributed by atoms with Crippen molar-refractivity contribution < 1.29 is 19.3 Å². The molecule has 8 heteroatoms. The van der Waals surface area contributed by atoms with Gasteiger partial charge in [0.2, 0.25) is 0 Å². The fraction of sp³-hybridized carbons (Fsp3) is 0.129. The van der Waals surface area contributed by atoms with E-state index < -0.39 is 28.3 Å². The number of non-ortho nitro benzene ring substituents is 1. The molecule has 39 heavy (non-hydrogen) atoms. The third kappa shape index (κ3) is 3.06. The molecule has 1 aliphatic carbocycles. The van der Waals surface area contributed by atoms with E-state index in [9.17, 15) is 24.5 Å². The Morgan fingerprint density at radius 1 is 0.872 bits per heavy atom. The summed E-state index contributed by atoms with van der Waals surface area (Å²) >= 11 is 1.31. The number of hydrogen-bond acceptors (Lipinski definition) is 7. The number of rotatable bonds is 4. The molecule has 0 radical (unpaired) electrons. The van der Waals surface area contributed by atoms with E-state index >= 15 is 0 Å². The van der Waals surface area contributed by atoms with E-state index in [2.05, 4.69) is 0 Å². The van der Waals surface area contributed by atoms with Crippen molar-refractivity contribution in [2.24, 2.45) is 5.41 Å². The lowest BCUT2D eigenvalue weighted by Crippen LogP contribution is -2.48. The number of fused-ring (bicyclic) bond motifs is 5. The lowest BCUT2D eigenvalue weighted by molar-refractivity contribution is -0.384. The van der Waals surface area contributed by atoms with Gasteiger partial charge in [-0.3, -0.25) is 24.5 Å². The number of thiophene rings is 1. The second kappa shape index (κ2) is 8.41. The van der Waals surface area contributed by atoms with Gasteiger partial charge in [0, 0.05) is 34.9 Å². The van der Waals surface area contributed by atoms with Crippen molar-refractivity contribution in [3.05, 3.63) is 134 Å². The molecule has 1 aromatic heterocycles. The SMILES string of the molecule is O=C(c1cccs1)[C@H]1[C@H](c2ccc([N+](=O)[O-])cc2)C2(C(=O)c3ccccc3C2=O)[C@H]2C=Cc3ccccc3N12. The highest BCUT2D eigenvalue weighted by atomic mass is 32.1. The van der Waals surface area contributed by atoms with E-state index in [0.717, 1.165) is 11.3 Å². The first-order valence-electron chi connectivity index (χ1n) is 12.5. The van der Waals surface area contributed by atoms with Crippen molar-refractivity contribution in [1.82, 2.24) is 0 Å². The zero-order valence-electron chi connectivity index (χ0n) is 20.4. The van der Waals surface area contributed by atoms with Crippen LogP contribution in [0, 0.1) is 15.5 Å². The Morgan fingerprint density at radius 3 is 2.18 bits per heavy atom. The van der Waals surface area contributed by atoms with E-state index in [1.165, 1.54) is 23.5 Å². The average molecular weight is 533 g/mol. The smallest absolute Gasteiger partial charge is 0.269 e. The van der Waals surface area contributed by atoms with Gasteiger partial charge in [0.25, 0.3) is 5.69 Å². The van der Waals surface area contributed by atoms with Crippen molar-refractivity contribution in [2.45, 2.75) is 18.0 Å². The molecule has 3 heterocycles. The molecule has 0 saturated carbocycles. The number of nitrogens with zero attached hydrogens (tertiary/aromatic N) is 2. The van der Waals surface area contributed by atoms with Crippen LogP contribution in [0.1, 0.15) is 47.4 Å². The summed E-state index contributed by atoms with van der Waals surface area (Å²) < 4.78 is 0. The number of carbonyl (C=O) groups excluding carboxylic acids is 3. The topological polar surface area (TPSA) is 97.6 Å². The number of hydrogen-bond donors (Lipinski definition) is 0. The van der Waals surface area contributed by atoms with Gasteiger partial charge in [-0.1, -0.05) is 72.8 Å². The van der Waals surface area contributed by atoms with Gasteiger partial charge in [-0.05, 0) is 28.6 Å². The highest BCUT2D eigenvalue weighted by Gasteiger charge is 2.71. The Morgan fingerprint density at radius 2 is 1.54 bits per heavy atom. The largest absolute Gasteiger partial charge is 0.352 e. The van der Waals surface area contributed by atoms with E-state index in [-0.39, 0.29) is 23.0 Å². The van der Waals surface area contributed by atoms with E-state index in [0.29, 0.717) is 21.6 Å². The first-order valence-corrected chi connectivity index (χ1v) is 13.4. The summed E-state index contributed by atoms with van der Waals surface area (Å²) in [5.41, 5.74) is 1.12. The number of para-hydroxylation sites is 1. The number of anilines is 1. The molecule has 1 saturated heterocycles. The zero-order valence-corrected chi connectivity index (χ0v) is 21.2. The van der Waals surface area contributed by atoms with Crippen molar-refractivity contribution in [2.75, 3.05) is 4.90 Å². The number of ketones is 3. The van der Waals surface area contributed by atoms with Crippen molar-refractivity contribution in [1.29, 1.82) is 0 Å². The van der Waals surface area contributed by atoms with Crippen LogP contribution in [0.25, 0.3) is 6.08 Å². The molecule has 3 atom stereocenters. The summed E-state index contributed by atoms with van der Waals surface area (Å²) in [5, 5.41) is 13.3. The van der Waals surface area contributed by atoms with Crippen LogP contribution in [0.15, 0.2) is 96.4 Å². The molecular weight excluding hydrogens is 512 g/mol. The van der Waals surface area contributed by atoms with Crippen LogP contribution >= 0.6 is 11.3 Å². The predicted octanol–water partition coefficient (Wildman–Crippen LogP) is 5.97. The number of benzene rings is 3. The second-order valence-corrected chi connectivity index (χ2v) is 10.9. The molecule has 3 aliphatic rings. The highest BCUT2D eigenvalue weighted by Crippen LogP contribution is 2.61. The standard InChI is InChI=1S/C31H20N2O5S/c34-28(24-10-5-17-39-24)27-26(19-11-14-20(15-12-19)33(37)38)31(29(35)21-7-2-3-8-22(21)30(31)36)25-16-13-18-6-1-4-9-23(18)32(25)27/h1-17,25-27H/t25-,26+,27-/m1/s1. The first kappa shape index (κ1) is 23.4. The van der Waals surface area contributed by atoms with E-state index in [4.69, 9.17) is 0 Å². The Labute approximate surface area is 227 Å². The molecule has 0 amide bonds. The van der Waals surface area contributed by atoms with Crippen molar-refractivity contribution in [3.8, 4) is 0 Å². The minimum absolute atomic E-state index is 0.109. The predicted molar refractivity (Wildman–Crippen MR) is 148 cm³/mol. The minimum atomic E-state index is -1.62. The molecule has 190 valence electrons. The summed E-state index contributed by atoms with van der Waals surface area (Å²) in [6.07, 6.45) is 3.77. The number of carbonyl (C=O) groups is 3. The fourth-order valence-corrected chi connectivity index (χ4v) is 7.36. The average Bonchev–Trinajstić information content (AvgIpc) is 3.66. The Hall–Kier alpha value is -4.69. The summed E-state index contributed by atoms with van der Waals surface area (Å²) in [5.74, 6) is -1.74. The van der Waals surface area contributed by atoms with Crippen LogP contribution in [0.4, 0.5) is 11.4 Å². The van der Waals surface area contributed by atoms with E-state index in [1.54, 1.807) is 48.5 Å². The molecule has 0 bridgehead atoms. The van der Waals surface area contributed by atoms with Gasteiger partial charge in [-0.2, -0.15) is 0 Å². The fourth-order valence-electron chi connectivity index (χ4n) is 6.66. The van der Waals surface area contributed by atoms with Crippen LogP contribution in [0.5, 0.6) is 0 Å². The van der Waals surface area contributed by atoms with Crippen LogP contribution in [-0.2, 0) is 0 Å². The molecule has 0 N–H and O–H groups in total. The first-order chi connectivity index (χ1) is 18.9. The van der Waals surface area contributed by atoms with Gasteiger partial charge in [0.15, 0.2) is 17.3 Å². The van der Waals surface area contributed by atoms with Crippen LogP contribution in [0.2, 0.25) is 0 Å². The molecule has 1 fully saturated rings. The summed E-state index contributed by atoms with van der Waals surface area (Å²) in [6, 6.07) is 22.2. The molecule has 1 spiro atoms. The van der Waals surface area contributed by atoms with Gasteiger partial charge in [0.1, 0.15) is 11.5 Å². The third-order valence-corrected chi connectivity index (χ3v) is 9.09. The van der Waals surface area contributed by atoms with Crippen LogP contribution in [-0.4, -0.2) is 34.4 Å². The van der Waals surface area contributed by atoms with Gasteiger partial charge in [0.05, 0.1) is 15.8 Å². The molecule has 7 rings (SSSR count). The summed E-state index contributed by atoms with van der Waals surface area (Å²) in [7, 11) is 0. The lowest BCUT2D eigenvalue weighted by atomic mass is 9.64.